The van der Waals surface area contributed by atoms with Crippen molar-refractivity contribution < 1.29 is 40.7 Å². The Hall–Kier alpha value is -2.93. The van der Waals surface area contributed by atoms with E-state index in [4.69, 9.17) is 16.3 Å². The number of hydrogen-bond acceptors (Lipinski definition) is 5. The Bertz CT molecular complexity index is 1270. The Kier molecular flexibility index (Phi) is 9.71. The van der Waals surface area contributed by atoms with E-state index in [-0.39, 0.29) is 23.4 Å². The second-order valence-electron chi connectivity index (χ2n) is 9.40. The number of anilines is 1. The number of imide groups is 1. The summed E-state index contributed by atoms with van der Waals surface area (Å²) in [4.78, 5) is 26.8. The number of carbonyl (C=O) groups excluding carboxylic acids is 2. The van der Waals surface area contributed by atoms with Gasteiger partial charge in [0.15, 0.2) is 0 Å². The summed E-state index contributed by atoms with van der Waals surface area (Å²) in [7, 11) is 1.04. The molecule has 0 bridgehead atoms. The predicted molar refractivity (Wildman–Crippen MR) is 142 cm³/mol. The minimum Gasteiger partial charge on any atom is -0.452 e. The molecule has 0 saturated carbocycles. The van der Waals surface area contributed by atoms with Crippen LogP contribution in [0.1, 0.15) is 36.5 Å². The lowest BCUT2D eigenvalue weighted by Crippen LogP contribution is -2.45. The third-order valence-corrected chi connectivity index (χ3v) is 7.29. The zero-order valence-electron chi connectivity index (χ0n) is 21.7. The van der Waals surface area contributed by atoms with Crippen molar-refractivity contribution in [1.82, 2.24) is 5.01 Å². The second kappa shape index (κ2) is 12.3. The molecule has 3 amide bonds. The highest BCUT2D eigenvalue weighted by molar-refractivity contribution is 7.98. The fourth-order valence-electron chi connectivity index (χ4n) is 4.39. The molecular weight excluding hydrogens is 584 g/mol. The van der Waals surface area contributed by atoms with Crippen LogP contribution >= 0.6 is 23.4 Å². The smallest absolute Gasteiger partial charge is 0.422 e. The highest BCUT2D eigenvalue weighted by Gasteiger charge is 2.44. The highest BCUT2D eigenvalue weighted by Crippen LogP contribution is 2.40. The molecule has 1 heterocycles. The number of thioether (sulfide) groups is 1. The number of hydrazone groups is 1. The lowest BCUT2D eigenvalue weighted by molar-refractivity contribution is -0.137. The van der Waals surface area contributed by atoms with E-state index < -0.39 is 46.9 Å². The van der Waals surface area contributed by atoms with Crippen LogP contribution in [0.4, 0.5) is 41.6 Å². The Balaban J connectivity index is 2.00. The van der Waals surface area contributed by atoms with E-state index in [1.54, 1.807) is 18.7 Å². The molecule has 1 aliphatic rings. The molecule has 1 aliphatic heterocycles. The number of benzene rings is 2. The molecule has 0 aliphatic carbocycles. The van der Waals surface area contributed by atoms with Gasteiger partial charge in [-0.1, -0.05) is 36.7 Å². The van der Waals surface area contributed by atoms with Gasteiger partial charge < -0.3 is 4.74 Å². The molecule has 0 saturated heterocycles. The van der Waals surface area contributed by atoms with Crippen LogP contribution in [0.3, 0.4) is 0 Å². The number of carbonyl (C=O) groups is 2. The second-order valence-corrected chi connectivity index (χ2v) is 10.8. The number of hydrogen-bond donors (Lipinski definition) is 0. The number of amides is 3. The average Bonchev–Trinajstić information content (AvgIpc) is 3.20. The van der Waals surface area contributed by atoms with Gasteiger partial charge in [0, 0.05) is 5.41 Å². The van der Waals surface area contributed by atoms with Crippen LogP contribution in [0.25, 0.3) is 0 Å². The molecule has 0 aromatic heterocycles. The van der Waals surface area contributed by atoms with Gasteiger partial charge in [-0.2, -0.15) is 48.1 Å². The summed E-state index contributed by atoms with van der Waals surface area (Å²) in [5, 5.41) is 4.88. The maximum absolute atomic E-state index is 13.6. The van der Waals surface area contributed by atoms with Crippen molar-refractivity contribution in [3.05, 3.63) is 64.2 Å². The molecule has 218 valence electrons. The number of urea groups is 1. The molecule has 3 rings (SSSR count). The molecule has 6 nitrogen and oxygen atoms in total. The van der Waals surface area contributed by atoms with Gasteiger partial charge >= 0.3 is 24.5 Å². The first-order chi connectivity index (χ1) is 18.6. The largest absolute Gasteiger partial charge is 0.452 e. The maximum Gasteiger partial charge on any atom is 0.422 e. The summed E-state index contributed by atoms with van der Waals surface area (Å²) < 4.78 is 82.8. The maximum atomic E-state index is 13.6. The molecular formula is C26H26ClF6N3O3S. The van der Waals surface area contributed by atoms with Gasteiger partial charge in [-0.05, 0) is 60.2 Å². The first kappa shape index (κ1) is 31.6. The van der Waals surface area contributed by atoms with Crippen molar-refractivity contribution in [3.63, 3.8) is 0 Å². The summed E-state index contributed by atoms with van der Waals surface area (Å²) in [6.45, 7) is 1.78. The fourth-order valence-corrected chi connectivity index (χ4v) is 5.11. The molecule has 0 spiro atoms. The van der Waals surface area contributed by atoms with Crippen molar-refractivity contribution >= 4 is 46.9 Å². The summed E-state index contributed by atoms with van der Waals surface area (Å²) in [5.74, 6) is 0.781. The van der Waals surface area contributed by atoms with Gasteiger partial charge in [0.25, 0.3) is 0 Å². The number of alkyl halides is 6. The lowest BCUT2D eigenvalue weighted by Gasteiger charge is -2.28. The van der Waals surface area contributed by atoms with Crippen molar-refractivity contribution in [2.24, 2.45) is 10.5 Å². The average molecular weight is 610 g/mol. The van der Waals surface area contributed by atoms with E-state index in [1.807, 2.05) is 6.26 Å². The quantitative estimate of drug-likeness (QED) is 0.236. The normalized spacial score (nSPS) is 17.6. The Morgan fingerprint density at radius 3 is 2.30 bits per heavy atom. The van der Waals surface area contributed by atoms with Gasteiger partial charge in [0.05, 0.1) is 42.1 Å². The minimum atomic E-state index is -4.66. The van der Waals surface area contributed by atoms with Crippen LogP contribution in [0, 0.1) is 5.41 Å². The van der Waals surface area contributed by atoms with E-state index >= 15 is 0 Å². The molecule has 0 radical (unpaired) electrons. The summed E-state index contributed by atoms with van der Waals surface area (Å²) in [6.07, 6.45) is -8.25. The molecule has 0 fully saturated rings. The zero-order valence-corrected chi connectivity index (χ0v) is 23.3. The number of nitrogens with zero attached hydrogens (tertiary/aromatic N) is 3. The predicted octanol–water partition coefficient (Wildman–Crippen LogP) is 8.03. The molecule has 2 aromatic carbocycles. The van der Waals surface area contributed by atoms with Gasteiger partial charge in [0.1, 0.15) is 0 Å². The van der Waals surface area contributed by atoms with Crippen molar-refractivity contribution in [2.45, 2.75) is 38.5 Å². The SMILES string of the molecule is COC(=O)N(C(=O)N1CC(C)(CCCSC)C(c2ccc(C(F)(F)F)c(Cl)c2)=N1)c1ccc(CC(F)(F)F)cc1. The Labute approximate surface area is 236 Å². The third kappa shape index (κ3) is 7.42. The van der Waals surface area contributed by atoms with Gasteiger partial charge in [-0.25, -0.2) is 14.6 Å². The van der Waals surface area contributed by atoms with Crippen LogP contribution in [0.15, 0.2) is 47.6 Å². The Morgan fingerprint density at radius 1 is 1.12 bits per heavy atom. The van der Waals surface area contributed by atoms with Crippen molar-refractivity contribution in [1.29, 1.82) is 0 Å². The van der Waals surface area contributed by atoms with Crippen molar-refractivity contribution in [3.8, 4) is 0 Å². The minimum absolute atomic E-state index is 0.0200. The summed E-state index contributed by atoms with van der Waals surface area (Å²) in [5.41, 5.74) is -1.36. The number of methoxy groups -OCH3 is 1. The first-order valence-electron chi connectivity index (χ1n) is 11.9. The summed E-state index contributed by atoms with van der Waals surface area (Å²) >= 11 is 7.56. The molecule has 1 unspecified atom stereocenters. The van der Waals surface area contributed by atoms with Gasteiger partial charge in [-0.15, -0.1) is 0 Å². The molecule has 2 aromatic rings. The monoisotopic (exact) mass is 609 g/mol. The fraction of sp³-hybridized carbons (Fsp3) is 0.423. The molecule has 40 heavy (non-hydrogen) atoms. The topological polar surface area (TPSA) is 62.2 Å². The highest BCUT2D eigenvalue weighted by atomic mass is 35.5. The van der Waals surface area contributed by atoms with Gasteiger partial charge in [0.2, 0.25) is 0 Å². The van der Waals surface area contributed by atoms with Crippen LogP contribution < -0.4 is 4.90 Å². The molecule has 0 N–H and O–H groups in total. The van der Waals surface area contributed by atoms with E-state index in [0.717, 1.165) is 42.1 Å². The third-order valence-electron chi connectivity index (χ3n) is 6.28. The summed E-state index contributed by atoms with van der Waals surface area (Å²) in [6, 6.07) is 6.92. The first-order valence-corrected chi connectivity index (χ1v) is 13.7. The van der Waals surface area contributed by atoms with Crippen molar-refractivity contribution in [2.75, 3.05) is 30.6 Å². The van der Waals surface area contributed by atoms with E-state index in [2.05, 4.69) is 5.10 Å². The lowest BCUT2D eigenvalue weighted by atomic mass is 9.78. The number of halogens is 7. The van der Waals surface area contributed by atoms with Crippen LogP contribution in [0.2, 0.25) is 5.02 Å². The zero-order chi connectivity index (χ0) is 29.9. The van der Waals surface area contributed by atoms with Crippen LogP contribution in [0.5, 0.6) is 0 Å². The van der Waals surface area contributed by atoms with Crippen LogP contribution in [-0.2, 0) is 17.3 Å². The standard InChI is InChI=1S/C26H26ClF6N3O3S/c1-24(11-4-12-40-3)15-35(34-21(24)17-7-10-19(20(27)13-17)26(31,32)33)22(37)36(23(38)39-2)18-8-5-16(6-9-18)14-25(28,29)30/h5-10,13H,4,11-12,14-15H2,1-3H3. The Morgan fingerprint density at radius 2 is 1.77 bits per heavy atom. The molecule has 1 atom stereocenters. The van der Waals surface area contributed by atoms with E-state index in [1.165, 1.54) is 18.2 Å². The van der Waals surface area contributed by atoms with E-state index in [9.17, 15) is 35.9 Å². The van der Waals surface area contributed by atoms with Gasteiger partial charge in [-0.3, -0.25) is 0 Å². The van der Waals surface area contributed by atoms with E-state index in [0.29, 0.717) is 23.5 Å². The van der Waals surface area contributed by atoms with Crippen LogP contribution in [-0.4, -0.2) is 54.7 Å². The number of rotatable bonds is 7. The molecule has 14 heteroatoms. The number of ether oxygens (including phenoxy) is 1.